The molecule has 0 saturated heterocycles. The number of unbranched alkanes of at least 4 members (excludes halogenated alkanes) is 1. The Morgan fingerprint density at radius 1 is 1.09 bits per heavy atom. The van der Waals surface area contributed by atoms with Gasteiger partial charge < -0.3 is 10.6 Å². The van der Waals surface area contributed by atoms with Crippen molar-refractivity contribution >= 4 is 23.4 Å². The Morgan fingerprint density at radius 2 is 1.68 bits per heavy atom. The molecule has 0 heterocycles. The fourth-order valence-electron chi connectivity index (χ4n) is 2.41. The summed E-state index contributed by atoms with van der Waals surface area (Å²) >= 11 is 5.83. The van der Waals surface area contributed by atoms with E-state index in [1.54, 1.807) is 0 Å². The molecule has 1 aliphatic rings. The molecular weight excluding hydrogens is 300 g/mol. The van der Waals surface area contributed by atoms with E-state index in [9.17, 15) is 9.59 Å². The van der Waals surface area contributed by atoms with Gasteiger partial charge in [-0.2, -0.15) is 0 Å². The Bertz CT molecular complexity index is 516. The molecule has 0 radical (unpaired) electrons. The summed E-state index contributed by atoms with van der Waals surface area (Å²) in [5.41, 5.74) is 1.13. The zero-order valence-corrected chi connectivity index (χ0v) is 13.7. The van der Waals surface area contributed by atoms with Crippen molar-refractivity contribution in [1.29, 1.82) is 0 Å². The minimum Gasteiger partial charge on any atom is -0.356 e. The first-order valence-electron chi connectivity index (χ1n) is 7.91. The number of amides is 2. The van der Waals surface area contributed by atoms with Gasteiger partial charge in [-0.15, -0.1) is 0 Å². The van der Waals surface area contributed by atoms with Gasteiger partial charge in [-0.05, 0) is 37.0 Å². The molecule has 1 fully saturated rings. The Labute approximate surface area is 136 Å². The summed E-state index contributed by atoms with van der Waals surface area (Å²) in [6.45, 7) is 3.37. The van der Waals surface area contributed by atoms with Crippen molar-refractivity contribution in [1.82, 2.24) is 10.6 Å². The van der Waals surface area contributed by atoms with E-state index >= 15 is 0 Å². The third-order valence-corrected chi connectivity index (χ3v) is 4.17. The van der Waals surface area contributed by atoms with E-state index in [0.29, 0.717) is 24.5 Å². The minimum atomic E-state index is -0.146. The quantitative estimate of drug-likeness (QED) is 0.723. The number of rotatable bonds is 8. The Morgan fingerprint density at radius 3 is 2.27 bits per heavy atom. The maximum absolute atomic E-state index is 12.0. The van der Waals surface area contributed by atoms with Crippen LogP contribution in [0, 0.1) is 11.8 Å². The van der Waals surface area contributed by atoms with Gasteiger partial charge in [0.25, 0.3) is 0 Å². The van der Waals surface area contributed by atoms with Crippen LogP contribution in [-0.2, 0) is 16.0 Å². The highest BCUT2D eigenvalue weighted by atomic mass is 35.5. The fourth-order valence-corrected chi connectivity index (χ4v) is 2.53. The standard InChI is InChI=1S/C17H23ClN2O2/c1-2-3-9-19-16(21)14-11-15(14)17(22)20-10-8-12-4-6-13(18)7-5-12/h4-7,14-15H,2-3,8-11H2,1H3,(H,19,21)(H,20,22). The highest BCUT2D eigenvalue weighted by Gasteiger charge is 2.47. The number of halogens is 1. The van der Waals surface area contributed by atoms with Gasteiger partial charge in [0.15, 0.2) is 0 Å². The van der Waals surface area contributed by atoms with Gasteiger partial charge in [-0.1, -0.05) is 37.1 Å². The molecule has 2 amide bonds. The van der Waals surface area contributed by atoms with Crippen LogP contribution in [0.1, 0.15) is 31.7 Å². The van der Waals surface area contributed by atoms with E-state index in [1.165, 1.54) is 0 Å². The highest BCUT2D eigenvalue weighted by Crippen LogP contribution is 2.38. The van der Waals surface area contributed by atoms with Crippen molar-refractivity contribution in [3.8, 4) is 0 Å². The van der Waals surface area contributed by atoms with E-state index < -0.39 is 0 Å². The number of carbonyl (C=O) groups is 2. The van der Waals surface area contributed by atoms with Gasteiger partial charge in [-0.3, -0.25) is 9.59 Å². The minimum absolute atomic E-state index is 0.00962. The molecule has 0 aliphatic heterocycles. The zero-order valence-electron chi connectivity index (χ0n) is 12.9. The van der Waals surface area contributed by atoms with Crippen molar-refractivity contribution in [3.05, 3.63) is 34.9 Å². The number of nitrogens with one attached hydrogen (secondary N) is 2. The molecule has 1 aliphatic carbocycles. The van der Waals surface area contributed by atoms with E-state index in [1.807, 2.05) is 24.3 Å². The van der Waals surface area contributed by atoms with Gasteiger partial charge in [-0.25, -0.2) is 0 Å². The fraction of sp³-hybridized carbons (Fsp3) is 0.529. The second-order valence-corrected chi connectivity index (χ2v) is 6.20. The van der Waals surface area contributed by atoms with Crippen LogP contribution < -0.4 is 10.6 Å². The average Bonchev–Trinajstić information content (AvgIpc) is 3.30. The molecule has 1 aromatic rings. The third kappa shape index (κ3) is 5.02. The topological polar surface area (TPSA) is 58.2 Å². The number of benzene rings is 1. The molecule has 0 spiro atoms. The summed E-state index contributed by atoms with van der Waals surface area (Å²) in [6.07, 6.45) is 3.48. The molecule has 5 heteroatoms. The molecule has 2 N–H and O–H groups in total. The molecule has 4 nitrogen and oxygen atoms in total. The van der Waals surface area contributed by atoms with Crippen LogP contribution in [-0.4, -0.2) is 24.9 Å². The van der Waals surface area contributed by atoms with Crippen LogP contribution in [0.2, 0.25) is 5.02 Å². The maximum Gasteiger partial charge on any atom is 0.223 e. The van der Waals surface area contributed by atoms with Crippen molar-refractivity contribution in [2.75, 3.05) is 13.1 Å². The monoisotopic (exact) mass is 322 g/mol. The van der Waals surface area contributed by atoms with Crippen LogP contribution in [0.3, 0.4) is 0 Å². The lowest BCUT2D eigenvalue weighted by Crippen LogP contribution is -2.31. The SMILES string of the molecule is CCCCNC(=O)C1CC1C(=O)NCCc1ccc(Cl)cc1. The lowest BCUT2D eigenvalue weighted by Gasteiger charge is -2.06. The van der Waals surface area contributed by atoms with Crippen LogP contribution >= 0.6 is 11.6 Å². The largest absolute Gasteiger partial charge is 0.356 e. The third-order valence-electron chi connectivity index (χ3n) is 3.92. The second-order valence-electron chi connectivity index (χ2n) is 5.76. The van der Waals surface area contributed by atoms with Gasteiger partial charge >= 0.3 is 0 Å². The van der Waals surface area contributed by atoms with E-state index in [4.69, 9.17) is 11.6 Å². The van der Waals surface area contributed by atoms with E-state index in [-0.39, 0.29) is 23.7 Å². The predicted octanol–water partition coefficient (Wildman–Crippen LogP) is 2.55. The molecule has 1 aromatic carbocycles. The smallest absolute Gasteiger partial charge is 0.223 e. The molecule has 2 unspecified atom stereocenters. The number of hydrogen-bond acceptors (Lipinski definition) is 2. The first-order valence-corrected chi connectivity index (χ1v) is 8.29. The first-order chi connectivity index (χ1) is 10.6. The Kier molecular flexibility index (Phi) is 6.25. The maximum atomic E-state index is 12.0. The summed E-state index contributed by atoms with van der Waals surface area (Å²) in [6, 6.07) is 7.59. The van der Waals surface area contributed by atoms with Crippen LogP contribution in [0.25, 0.3) is 0 Å². The molecule has 22 heavy (non-hydrogen) atoms. The molecular formula is C17H23ClN2O2. The predicted molar refractivity (Wildman–Crippen MR) is 87.7 cm³/mol. The summed E-state index contributed by atoms with van der Waals surface area (Å²) in [7, 11) is 0. The second kappa shape index (κ2) is 8.18. The van der Waals surface area contributed by atoms with E-state index in [0.717, 1.165) is 24.8 Å². The Hall–Kier alpha value is -1.55. The van der Waals surface area contributed by atoms with Gasteiger partial charge in [0.1, 0.15) is 0 Å². The summed E-state index contributed by atoms with van der Waals surface area (Å²) in [5.74, 6) is -0.268. The highest BCUT2D eigenvalue weighted by molar-refractivity contribution is 6.30. The number of carbonyl (C=O) groups excluding carboxylic acids is 2. The van der Waals surface area contributed by atoms with Crippen LogP contribution in [0.4, 0.5) is 0 Å². The molecule has 0 aromatic heterocycles. The van der Waals surface area contributed by atoms with Crippen molar-refractivity contribution in [3.63, 3.8) is 0 Å². The van der Waals surface area contributed by atoms with Gasteiger partial charge in [0.05, 0.1) is 11.8 Å². The molecule has 2 atom stereocenters. The van der Waals surface area contributed by atoms with Gasteiger partial charge in [0.2, 0.25) is 11.8 Å². The average molecular weight is 323 g/mol. The van der Waals surface area contributed by atoms with Crippen molar-refractivity contribution in [2.24, 2.45) is 11.8 Å². The van der Waals surface area contributed by atoms with Gasteiger partial charge in [0, 0.05) is 18.1 Å². The van der Waals surface area contributed by atoms with Crippen molar-refractivity contribution in [2.45, 2.75) is 32.6 Å². The normalized spacial score (nSPS) is 19.5. The Balaban J connectivity index is 1.64. The first kappa shape index (κ1) is 16.8. The number of hydrogen-bond donors (Lipinski definition) is 2. The summed E-state index contributed by atoms with van der Waals surface area (Å²) < 4.78 is 0. The molecule has 0 bridgehead atoms. The van der Waals surface area contributed by atoms with Crippen LogP contribution in [0.5, 0.6) is 0 Å². The molecule has 2 rings (SSSR count). The molecule has 120 valence electrons. The van der Waals surface area contributed by atoms with Crippen LogP contribution in [0.15, 0.2) is 24.3 Å². The zero-order chi connectivity index (χ0) is 15.9. The van der Waals surface area contributed by atoms with E-state index in [2.05, 4.69) is 17.6 Å². The summed E-state index contributed by atoms with van der Waals surface area (Å²) in [4.78, 5) is 23.8. The lowest BCUT2D eigenvalue weighted by molar-refractivity contribution is -0.127. The molecule has 1 saturated carbocycles. The lowest BCUT2D eigenvalue weighted by atomic mass is 10.1. The summed E-state index contributed by atoms with van der Waals surface area (Å²) in [5, 5.41) is 6.50. The van der Waals surface area contributed by atoms with Crippen molar-refractivity contribution < 1.29 is 9.59 Å².